The van der Waals surface area contributed by atoms with Gasteiger partial charge in [-0.15, -0.1) is 9.94 Å². The highest BCUT2D eigenvalue weighted by Gasteiger charge is 2.35. The van der Waals surface area contributed by atoms with Crippen LogP contribution in [0.1, 0.15) is 53.9 Å². The molecule has 0 fully saturated rings. The lowest BCUT2D eigenvalue weighted by Gasteiger charge is -2.21. The summed E-state index contributed by atoms with van der Waals surface area (Å²) in [6.45, 7) is 5.70. The zero-order chi connectivity index (χ0) is 22.6. The molecule has 1 heterocycles. The Morgan fingerprint density at radius 2 is 1.77 bits per heavy atom. The number of aryl methyl sites for hydroxylation is 1. The Balaban J connectivity index is 1.93. The van der Waals surface area contributed by atoms with Crippen LogP contribution >= 0.6 is 0 Å². The first-order valence-electron chi connectivity index (χ1n) is 10.1. The minimum atomic E-state index is -4.40. The van der Waals surface area contributed by atoms with Crippen LogP contribution in [0.25, 0.3) is 11.1 Å². The van der Waals surface area contributed by atoms with Gasteiger partial charge in [-0.25, -0.2) is 0 Å². The second-order valence-corrected chi connectivity index (χ2v) is 7.47. The number of nitriles is 1. The number of nitrogens with zero attached hydrogens (tertiary/aromatic N) is 3. The molecule has 0 radical (unpaired) electrons. The minimum Gasteiger partial charge on any atom is -0.388 e. The molecule has 0 spiro atoms. The topological polar surface area (TPSA) is 50.8 Å². The molecule has 3 aromatic rings. The van der Waals surface area contributed by atoms with Gasteiger partial charge in [-0.2, -0.15) is 18.4 Å². The SMILES string of the molecule is CCCc1nn(OC(CC(F)(F)F)c2ccc(-c3ccccc3C#N)cc2)c(C)c1C. The van der Waals surface area contributed by atoms with Crippen molar-refractivity contribution in [2.75, 3.05) is 0 Å². The largest absolute Gasteiger partial charge is 0.393 e. The third-order valence-electron chi connectivity index (χ3n) is 5.25. The van der Waals surface area contributed by atoms with Crippen LogP contribution in [0.4, 0.5) is 13.2 Å². The summed E-state index contributed by atoms with van der Waals surface area (Å²) >= 11 is 0. The van der Waals surface area contributed by atoms with E-state index in [-0.39, 0.29) is 0 Å². The normalized spacial score (nSPS) is 12.4. The maximum atomic E-state index is 13.3. The Labute approximate surface area is 179 Å². The molecule has 0 aliphatic carbocycles. The highest BCUT2D eigenvalue weighted by molar-refractivity contribution is 5.70. The Morgan fingerprint density at radius 1 is 1.10 bits per heavy atom. The van der Waals surface area contributed by atoms with Gasteiger partial charge in [-0.3, -0.25) is 0 Å². The molecule has 7 heteroatoms. The lowest BCUT2D eigenvalue weighted by Crippen LogP contribution is -2.25. The second-order valence-electron chi connectivity index (χ2n) is 7.47. The van der Waals surface area contributed by atoms with Gasteiger partial charge in [0.25, 0.3) is 0 Å². The molecule has 0 aliphatic heterocycles. The lowest BCUT2D eigenvalue weighted by molar-refractivity contribution is -0.164. The van der Waals surface area contributed by atoms with Crippen LogP contribution < -0.4 is 4.84 Å². The van der Waals surface area contributed by atoms with Gasteiger partial charge in [0.2, 0.25) is 0 Å². The van der Waals surface area contributed by atoms with Gasteiger partial charge < -0.3 is 4.84 Å². The Hall–Kier alpha value is -3.27. The number of hydrogen-bond acceptors (Lipinski definition) is 3. The first-order valence-corrected chi connectivity index (χ1v) is 10.1. The van der Waals surface area contributed by atoms with Gasteiger partial charge >= 0.3 is 6.18 Å². The summed E-state index contributed by atoms with van der Waals surface area (Å²) in [4.78, 5) is 6.96. The van der Waals surface area contributed by atoms with E-state index in [2.05, 4.69) is 11.2 Å². The fraction of sp³-hybridized carbons (Fsp3) is 0.333. The molecule has 0 N–H and O–H groups in total. The molecule has 1 atom stereocenters. The van der Waals surface area contributed by atoms with Crippen LogP contribution in [0.2, 0.25) is 0 Å². The van der Waals surface area contributed by atoms with Gasteiger partial charge in [0, 0.05) is 0 Å². The number of hydrogen-bond donors (Lipinski definition) is 0. The Kier molecular flexibility index (Phi) is 6.69. The molecule has 0 saturated carbocycles. The highest BCUT2D eigenvalue weighted by Crippen LogP contribution is 2.32. The predicted octanol–water partition coefficient (Wildman–Crippen LogP) is 6.11. The molecule has 0 saturated heterocycles. The minimum absolute atomic E-state index is 0.389. The monoisotopic (exact) mass is 427 g/mol. The van der Waals surface area contributed by atoms with Gasteiger partial charge in [0.1, 0.15) is 0 Å². The smallest absolute Gasteiger partial charge is 0.388 e. The van der Waals surface area contributed by atoms with Gasteiger partial charge in [-0.05, 0) is 48.6 Å². The molecule has 3 rings (SSSR count). The zero-order valence-corrected chi connectivity index (χ0v) is 17.7. The van der Waals surface area contributed by atoms with E-state index < -0.39 is 18.7 Å². The molecule has 31 heavy (non-hydrogen) atoms. The van der Waals surface area contributed by atoms with E-state index in [1.807, 2.05) is 26.0 Å². The third kappa shape index (κ3) is 5.26. The quantitative estimate of drug-likeness (QED) is 0.457. The summed E-state index contributed by atoms with van der Waals surface area (Å²) in [5, 5.41) is 13.7. The van der Waals surface area contributed by atoms with Crippen LogP contribution in [0, 0.1) is 25.2 Å². The molecule has 0 amide bonds. The third-order valence-corrected chi connectivity index (χ3v) is 5.25. The number of halogens is 3. The van der Waals surface area contributed by atoms with E-state index in [9.17, 15) is 18.4 Å². The predicted molar refractivity (Wildman–Crippen MR) is 112 cm³/mol. The average Bonchev–Trinajstić information content (AvgIpc) is 3.00. The Morgan fingerprint density at radius 3 is 2.39 bits per heavy atom. The molecule has 0 aliphatic rings. The second kappa shape index (κ2) is 9.25. The summed E-state index contributed by atoms with van der Waals surface area (Å²) < 4.78 is 39.9. The molecule has 162 valence electrons. The number of alkyl halides is 3. The molecular formula is C24H24F3N3O. The molecule has 1 unspecified atom stereocenters. The van der Waals surface area contributed by atoms with Gasteiger partial charge in [0.05, 0.1) is 29.4 Å². The maximum Gasteiger partial charge on any atom is 0.393 e. The number of aromatic nitrogens is 2. The summed E-state index contributed by atoms with van der Waals surface area (Å²) in [6.07, 6.45) is -5.16. The molecule has 2 aromatic carbocycles. The summed E-state index contributed by atoms with van der Waals surface area (Å²) in [5.41, 5.74) is 4.82. The van der Waals surface area contributed by atoms with Crippen LogP contribution in [-0.4, -0.2) is 16.1 Å². The van der Waals surface area contributed by atoms with Crippen molar-refractivity contribution in [1.82, 2.24) is 9.94 Å². The van der Waals surface area contributed by atoms with Gasteiger partial charge in [-0.1, -0.05) is 55.8 Å². The van der Waals surface area contributed by atoms with Crippen molar-refractivity contribution in [2.24, 2.45) is 0 Å². The highest BCUT2D eigenvalue weighted by atomic mass is 19.4. The fourth-order valence-electron chi connectivity index (χ4n) is 3.45. The van der Waals surface area contributed by atoms with Crippen molar-refractivity contribution in [3.8, 4) is 17.2 Å². The van der Waals surface area contributed by atoms with Gasteiger partial charge in [0.15, 0.2) is 6.10 Å². The first-order chi connectivity index (χ1) is 14.7. The van der Waals surface area contributed by atoms with Crippen molar-refractivity contribution < 1.29 is 18.0 Å². The zero-order valence-electron chi connectivity index (χ0n) is 17.7. The number of benzene rings is 2. The first kappa shape index (κ1) is 22.4. The summed E-state index contributed by atoms with van der Waals surface area (Å²) in [7, 11) is 0. The molecule has 1 aromatic heterocycles. The van der Waals surface area contributed by atoms with E-state index in [1.54, 1.807) is 43.3 Å². The van der Waals surface area contributed by atoms with E-state index in [0.29, 0.717) is 16.8 Å². The number of rotatable bonds is 7. The van der Waals surface area contributed by atoms with Crippen LogP contribution in [0.3, 0.4) is 0 Å². The van der Waals surface area contributed by atoms with Crippen molar-refractivity contribution in [3.05, 3.63) is 76.6 Å². The summed E-state index contributed by atoms with van der Waals surface area (Å²) in [6, 6.07) is 15.9. The van der Waals surface area contributed by atoms with Crippen molar-refractivity contribution >= 4 is 0 Å². The van der Waals surface area contributed by atoms with E-state index in [0.717, 1.165) is 35.2 Å². The summed E-state index contributed by atoms with van der Waals surface area (Å²) in [5.74, 6) is 0. The maximum absolute atomic E-state index is 13.3. The standard InChI is InChI=1S/C24H24F3N3O/c1-4-7-22-16(2)17(3)30(29-22)31-23(14-24(25,26)27)19-12-10-18(11-13-19)21-9-6-5-8-20(21)15-28/h5-6,8-13,23H,4,7,14H2,1-3H3. The van der Waals surface area contributed by atoms with Crippen LogP contribution in [-0.2, 0) is 6.42 Å². The van der Waals surface area contributed by atoms with E-state index in [4.69, 9.17) is 4.84 Å². The van der Waals surface area contributed by atoms with Crippen molar-refractivity contribution in [1.29, 1.82) is 5.26 Å². The van der Waals surface area contributed by atoms with E-state index >= 15 is 0 Å². The Bertz CT molecular complexity index is 1080. The molecule has 0 bridgehead atoms. The fourth-order valence-corrected chi connectivity index (χ4v) is 3.45. The van der Waals surface area contributed by atoms with Crippen LogP contribution in [0.5, 0.6) is 0 Å². The molecule has 4 nitrogen and oxygen atoms in total. The van der Waals surface area contributed by atoms with Crippen LogP contribution in [0.15, 0.2) is 48.5 Å². The molecular weight excluding hydrogens is 403 g/mol. The average molecular weight is 427 g/mol. The lowest BCUT2D eigenvalue weighted by atomic mass is 9.97. The van der Waals surface area contributed by atoms with E-state index in [1.165, 1.54) is 4.85 Å². The van der Waals surface area contributed by atoms with Crippen molar-refractivity contribution in [2.45, 2.75) is 52.3 Å². The van der Waals surface area contributed by atoms with Crippen molar-refractivity contribution in [3.63, 3.8) is 0 Å².